The Hall–Kier alpha value is -0.910. The molecule has 0 aromatic rings. The summed E-state index contributed by atoms with van der Waals surface area (Å²) in [7, 11) is 1.64. The van der Waals surface area contributed by atoms with E-state index < -0.39 is 5.97 Å². The largest absolute Gasteiger partial charge is 0.460 e. The fourth-order valence-corrected chi connectivity index (χ4v) is 1.21. The average molecular weight is 260 g/mol. The molecule has 0 N–H and O–H groups in total. The Bertz CT molecular complexity index is 240. The second-order valence-electron chi connectivity index (χ2n) is 4.14. The van der Waals surface area contributed by atoms with E-state index in [1.54, 1.807) is 7.11 Å². The van der Waals surface area contributed by atoms with E-state index in [-0.39, 0.29) is 31.7 Å². The molecule has 2 atom stereocenters. The van der Waals surface area contributed by atoms with Crippen LogP contribution in [0.1, 0.15) is 27.2 Å². The van der Waals surface area contributed by atoms with E-state index in [1.807, 2.05) is 20.8 Å². The normalized spacial score (nSPS) is 14.3. The molecule has 0 spiro atoms. The van der Waals surface area contributed by atoms with Gasteiger partial charge in [0.2, 0.25) is 0 Å². The molecular weight excluding hydrogens is 236 g/mol. The first-order chi connectivity index (χ1) is 8.49. The van der Waals surface area contributed by atoms with Crippen molar-refractivity contribution in [2.24, 2.45) is 0 Å². The van der Waals surface area contributed by atoms with Gasteiger partial charge in [-0.3, -0.25) is 0 Å². The maximum Gasteiger partial charge on any atom is 0.330 e. The number of carbonyl (C=O) groups excluding carboxylic acids is 1. The number of hydrogen-bond acceptors (Lipinski definition) is 5. The summed E-state index contributed by atoms with van der Waals surface area (Å²) in [6.07, 6.45) is 1.50. The zero-order valence-electron chi connectivity index (χ0n) is 11.7. The maximum atomic E-state index is 10.8. The lowest BCUT2D eigenvalue weighted by Crippen LogP contribution is -2.27. The molecule has 0 fully saturated rings. The molecule has 106 valence electrons. The molecule has 0 aliphatic carbocycles. The highest BCUT2D eigenvalue weighted by atomic mass is 16.7. The monoisotopic (exact) mass is 260 g/mol. The summed E-state index contributed by atoms with van der Waals surface area (Å²) in [6, 6.07) is 0. The Kier molecular flexibility index (Phi) is 9.55. The van der Waals surface area contributed by atoms with Crippen molar-refractivity contribution in [2.45, 2.75) is 45.7 Å². The molecule has 0 aliphatic rings. The number of methoxy groups -OCH3 is 1. The van der Waals surface area contributed by atoms with Gasteiger partial charge < -0.3 is 18.9 Å². The summed E-state index contributed by atoms with van der Waals surface area (Å²) in [5.74, 6) is -0.454. The Morgan fingerprint density at radius 2 is 1.94 bits per heavy atom. The van der Waals surface area contributed by atoms with Crippen LogP contribution in [0.3, 0.4) is 0 Å². The van der Waals surface area contributed by atoms with E-state index in [0.717, 1.165) is 6.08 Å². The summed E-state index contributed by atoms with van der Waals surface area (Å²) in [6.45, 7) is 9.59. The van der Waals surface area contributed by atoms with Crippen molar-refractivity contribution in [3.8, 4) is 0 Å². The van der Waals surface area contributed by atoms with Crippen molar-refractivity contribution >= 4 is 5.97 Å². The van der Waals surface area contributed by atoms with E-state index in [1.165, 1.54) is 0 Å². The van der Waals surface area contributed by atoms with Crippen molar-refractivity contribution in [1.82, 2.24) is 0 Å². The van der Waals surface area contributed by atoms with Crippen LogP contribution in [0.25, 0.3) is 0 Å². The van der Waals surface area contributed by atoms with E-state index in [4.69, 9.17) is 18.9 Å². The number of hydrogen-bond donors (Lipinski definition) is 0. The lowest BCUT2D eigenvalue weighted by Gasteiger charge is -2.23. The average Bonchev–Trinajstić information content (AvgIpc) is 2.33. The van der Waals surface area contributed by atoms with Crippen molar-refractivity contribution in [3.05, 3.63) is 12.7 Å². The van der Waals surface area contributed by atoms with E-state index in [2.05, 4.69) is 6.58 Å². The molecule has 0 rings (SSSR count). The van der Waals surface area contributed by atoms with Crippen LogP contribution in [0.2, 0.25) is 0 Å². The molecule has 0 heterocycles. The standard InChI is InChI=1S/C13H24O5/c1-6-12(14)16-7-8-17-13(18-10(2)3)9-11(4)15-5/h6,10-11,13H,1,7-9H2,2-5H3. The first-order valence-corrected chi connectivity index (χ1v) is 6.08. The molecular formula is C13H24O5. The minimum absolute atomic E-state index is 0.0458. The quantitative estimate of drug-likeness (QED) is 0.260. The molecule has 2 unspecified atom stereocenters. The van der Waals surface area contributed by atoms with Crippen LogP contribution < -0.4 is 0 Å². The number of ether oxygens (including phenoxy) is 4. The Morgan fingerprint density at radius 1 is 1.28 bits per heavy atom. The fraction of sp³-hybridized carbons (Fsp3) is 0.769. The van der Waals surface area contributed by atoms with E-state index in [9.17, 15) is 4.79 Å². The minimum Gasteiger partial charge on any atom is -0.460 e. The van der Waals surface area contributed by atoms with Gasteiger partial charge in [0, 0.05) is 19.6 Å². The van der Waals surface area contributed by atoms with Gasteiger partial charge in [-0.05, 0) is 20.8 Å². The van der Waals surface area contributed by atoms with Gasteiger partial charge in [0.1, 0.15) is 6.61 Å². The van der Waals surface area contributed by atoms with Gasteiger partial charge in [0.05, 0.1) is 18.8 Å². The van der Waals surface area contributed by atoms with E-state index in [0.29, 0.717) is 6.42 Å². The summed E-state index contributed by atoms with van der Waals surface area (Å²) in [5, 5.41) is 0. The van der Waals surface area contributed by atoms with Crippen molar-refractivity contribution < 1.29 is 23.7 Å². The number of rotatable bonds is 10. The predicted molar refractivity (Wildman–Crippen MR) is 68.2 cm³/mol. The predicted octanol–water partition coefficient (Wildman–Crippen LogP) is 1.91. The van der Waals surface area contributed by atoms with Crippen molar-refractivity contribution in [2.75, 3.05) is 20.3 Å². The van der Waals surface area contributed by atoms with Gasteiger partial charge in [0.15, 0.2) is 6.29 Å². The van der Waals surface area contributed by atoms with Crippen LogP contribution in [-0.2, 0) is 23.7 Å². The highest BCUT2D eigenvalue weighted by molar-refractivity contribution is 5.81. The number of esters is 1. The highest BCUT2D eigenvalue weighted by Crippen LogP contribution is 2.09. The lowest BCUT2D eigenvalue weighted by atomic mass is 10.3. The third kappa shape index (κ3) is 9.15. The summed E-state index contributed by atoms with van der Waals surface area (Å²) in [5.41, 5.74) is 0. The van der Waals surface area contributed by atoms with Crippen molar-refractivity contribution in [1.29, 1.82) is 0 Å². The molecule has 0 saturated carbocycles. The smallest absolute Gasteiger partial charge is 0.330 e. The van der Waals surface area contributed by atoms with Crippen LogP contribution in [0, 0.1) is 0 Å². The third-order valence-electron chi connectivity index (χ3n) is 2.15. The molecule has 5 heteroatoms. The maximum absolute atomic E-state index is 10.8. The van der Waals surface area contributed by atoms with Crippen LogP contribution in [0.5, 0.6) is 0 Å². The molecule has 0 radical (unpaired) electrons. The second-order valence-corrected chi connectivity index (χ2v) is 4.14. The molecule has 5 nitrogen and oxygen atoms in total. The van der Waals surface area contributed by atoms with Gasteiger partial charge in [-0.15, -0.1) is 0 Å². The molecule has 0 saturated heterocycles. The molecule has 18 heavy (non-hydrogen) atoms. The third-order valence-corrected chi connectivity index (χ3v) is 2.15. The summed E-state index contributed by atoms with van der Waals surface area (Å²) >= 11 is 0. The highest BCUT2D eigenvalue weighted by Gasteiger charge is 2.15. The zero-order valence-corrected chi connectivity index (χ0v) is 11.7. The van der Waals surface area contributed by atoms with Crippen LogP contribution in [0.4, 0.5) is 0 Å². The van der Waals surface area contributed by atoms with Gasteiger partial charge in [0.25, 0.3) is 0 Å². The molecule has 0 bridgehead atoms. The van der Waals surface area contributed by atoms with Crippen LogP contribution >= 0.6 is 0 Å². The molecule has 0 aromatic heterocycles. The zero-order chi connectivity index (χ0) is 14.0. The van der Waals surface area contributed by atoms with Gasteiger partial charge >= 0.3 is 5.97 Å². The first-order valence-electron chi connectivity index (χ1n) is 6.08. The first kappa shape index (κ1) is 17.1. The molecule has 0 aromatic carbocycles. The van der Waals surface area contributed by atoms with Crippen LogP contribution in [-0.4, -0.2) is 44.8 Å². The van der Waals surface area contributed by atoms with E-state index >= 15 is 0 Å². The van der Waals surface area contributed by atoms with Crippen molar-refractivity contribution in [3.63, 3.8) is 0 Å². The minimum atomic E-state index is -0.454. The molecule has 0 aliphatic heterocycles. The SMILES string of the molecule is C=CC(=O)OCCOC(CC(C)OC)OC(C)C. The number of carbonyl (C=O) groups is 1. The Labute approximate surface area is 109 Å². The van der Waals surface area contributed by atoms with Gasteiger partial charge in [-0.2, -0.15) is 0 Å². The Morgan fingerprint density at radius 3 is 2.44 bits per heavy atom. The summed E-state index contributed by atoms with van der Waals surface area (Å²) in [4.78, 5) is 10.8. The lowest BCUT2D eigenvalue weighted by molar-refractivity contribution is -0.184. The van der Waals surface area contributed by atoms with Crippen LogP contribution in [0.15, 0.2) is 12.7 Å². The summed E-state index contributed by atoms with van der Waals surface area (Å²) < 4.78 is 21.1. The second kappa shape index (κ2) is 10.1. The molecule has 0 amide bonds. The Balaban J connectivity index is 3.92. The van der Waals surface area contributed by atoms with Gasteiger partial charge in [-0.25, -0.2) is 4.79 Å². The topological polar surface area (TPSA) is 54.0 Å². The van der Waals surface area contributed by atoms with Gasteiger partial charge in [-0.1, -0.05) is 6.58 Å². The fourth-order valence-electron chi connectivity index (χ4n) is 1.21.